The molecular formula is C21H27ClN4O2. The van der Waals surface area contributed by atoms with Crippen LogP contribution < -0.4 is 11.1 Å². The molecule has 0 saturated carbocycles. The summed E-state index contributed by atoms with van der Waals surface area (Å²) in [5, 5.41) is 2.93. The number of halogens is 1. The number of hydrogen-bond donors (Lipinski definition) is 2. The van der Waals surface area contributed by atoms with Crippen LogP contribution in [0.2, 0.25) is 0 Å². The van der Waals surface area contributed by atoms with Gasteiger partial charge >= 0.3 is 0 Å². The monoisotopic (exact) mass is 402 g/mol. The molecule has 1 heterocycles. The van der Waals surface area contributed by atoms with Crippen LogP contribution in [0.25, 0.3) is 11.0 Å². The van der Waals surface area contributed by atoms with E-state index in [-0.39, 0.29) is 30.8 Å². The topological polar surface area (TPSA) is 82.2 Å². The number of fused-ring (bicyclic) bond motifs is 1. The number of anilines is 1. The highest BCUT2D eigenvalue weighted by molar-refractivity contribution is 5.92. The number of nitrogens with two attached hydrogens (primary N) is 1. The maximum Gasteiger partial charge on any atom is 0.228 e. The molecule has 1 aromatic heterocycles. The molecule has 0 aliphatic carbocycles. The number of amides is 1. The molecule has 150 valence electrons. The number of imidazole rings is 1. The minimum atomic E-state index is -0.345. The van der Waals surface area contributed by atoms with Gasteiger partial charge < -0.3 is 15.0 Å². The summed E-state index contributed by atoms with van der Waals surface area (Å²) in [5.41, 5.74) is 8.97. The first-order valence-electron chi connectivity index (χ1n) is 9.32. The molecule has 0 spiro atoms. The molecule has 0 fully saturated rings. The third-order valence-electron chi connectivity index (χ3n) is 4.41. The zero-order valence-electron chi connectivity index (χ0n) is 16.0. The van der Waals surface area contributed by atoms with E-state index >= 15 is 0 Å². The van der Waals surface area contributed by atoms with E-state index in [2.05, 4.69) is 10.3 Å². The van der Waals surface area contributed by atoms with Crippen LogP contribution in [0.5, 0.6) is 0 Å². The molecule has 2 aromatic carbocycles. The van der Waals surface area contributed by atoms with Crippen molar-refractivity contribution in [2.24, 2.45) is 5.73 Å². The summed E-state index contributed by atoms with van der Waals surface area (Å²) >= 11 is 0. The van der Waals surface area contributed by atoms with Gasteiger partial charge in [0.1, 0.15) is 0 Å². The molecule has 0 radical (unpaired) electrons. The lowest BCUT2D eigenvalue weighted by atomic mass is 10.0. The van der Waals surface area contributed by atoms with Crippen molar-refractivity contribution in [1.29, 1.82) is 0 Å². The van der Waals surface area contributed by atoms with Crippen LogP contribution in [0.15, 0.2) is 54.6 Å². The first kappa shape index (κ1) is 21.9. The van der Waals surface area contributed by atoms with Crippen molar-refractivity contribution in [3.05, 3.63) is 60.2 Å². The third kappa shape index (κ3) is 5.55. The van der Waals surface area contributed by atoms with E-state index in [0.717, 1.165) is 29.6 Å². The third-order valence-corrected chi connectivity index (χ3v) is 4.41. The molecular weight excluding hydrogens is 376 g/mol. The zero-order chi connectivity index (χ0) is 19.1. The molecule has 3 N–H and O–H groups in total. The number of aryl methyl sites for hydroxylation is 1. The number of para-hydroxylation sites is 2. The minimum absolute atomic E-state index is 0. The number of ether oxygens (including phenoxy) is 1. The lowest BCUT2D eigenvalue weighted by Gasteiger charge is -2.13. The van der Waals surface area contributed by atoms with E-state index in [1.165, 1.54) is 0 Å². The van der Waals surface area contributed by atoms with Gasteiger partial charge in [0, 0.05) is 32.2 Å². The van der Waals surface area contributed by atoms with Crippen LogP contribution in [0.4, 0.5) is 5.95 Å². The summed E-state index contributed by atoms with van der Waals surface area (Å²) in [6.07, 6.45) is 1.05. The second-order valence-electron chi connectivity index (χ2n) is 6.40. The van der Waals surface area contributed by atoms with E-state index in [4.69, 9.17) is 10.5 Å². The van der Waals surface area contributed by atoms with Crippen LogP contribution >= 0.6 is 12.4 Å². The number of carbonyl (C=O) groups is 1. The number of nitrogens with one attached hydrogen (secondary N) is 1. The van der Waals surface area contributed by atoms with Crippen molar-refractivity contribution in [2.75, 3.05) is 18.5 Å². The van der Waals surface area contributed by atoms with Gasteiger partial charge in [-0.15, -0.1) is 12.4 Å². The average molecular weight is 403 g/mol. The molecule has 1 unspecified atom stereocenters. The Kier molecular flexibility index (Phi) is 8.44. The standard InChI is InChI=1S/C21H26N4O2.ClH/c1-2-27-14-8-13-25-19-12-7-6-11-18(19)23-21(25)24-20(26)15-17(22)16-9-4-3-5-10-16;/h3-7,9-12,17H,2,8,13-15,22H2,1H3,(H,23,24,26);1H. The lowest BCUT2D eigenvalue weighted by Crippen LogP contribution is -2.22. The number of aromatic nitrogens is 2. The number of carbonyl (C=O) groups excluding carboxylic acids is 1. The Morgan fingerprint density at radius 1 is 1.18 bits per heavy atom. The Morgan fingerprint density at radius 2 is 1.89 bits per heavy atom. The van der Waals surface area contributed by atoms with E-state index < -0.39 is 0 Å². The number of nitrogens with zero attached hydrogens (tertiary/aromatic N) is 2. The molecule has 0 bridgehead atoms. The highest BCUT2D eigenvalue weighted by atomic mass is 35.5. The fourth-order valence-corrected chi connectivity index (χ4v) is 3.06. The predicted molar refractivity (Wildman–Crippen MR) is 115 cm³/mol. The van der Waals surface area contributed by atoms with Gasteiger partial charge in [-0.05, 0) is 31.0 Å². The molecule has 28 heavy (non-hydrogen) atoms. The number of rotatable bonds is 9. The van der Waals surface area contributed by atoms with Crippen LogP contribution in [-0.4, -0.2) is 28.7 Å². The summed E-state index contributed by atoms with van der Waals surface area (Å²) in [4.78, 5) is 17.1. The van der Waals surface area contributed by atoms with Gasteiger partial charge in [0.2, 0.25) is 11.9 Å². The van der Waals surface area contributed by atoms with Crippen molar-refractivity contribution < 1.29 is 9.53 Å². The number of hydrogen-bond acceptors (Lipinski definition) is 4. The Bertz CT molecular complexity index is 883. The molecule has 1 amide bonds. The van der Waals surface area contributed by atoms with Crippen LogP contribution in [0.1, 0.15) is 31.4 Å². The summed E-state index contributed by atoms with van der Waals surface area (Å²) < 4.78 is 7.46. The first-order chi connectivity index (χ1) is 13.2. The second kappa shape index (κ2) is 10.8. The Morgan fingerprint density at radius 3 is 2.64 bits per heavy atom. The van der Waals surface area contributed by atoms with E-state index in [1.807, 2.05) is 66.1 Å². The van der Waals surface area contributed by atoms with Crippen LogP contribution in [-0.2, 0) is 16.1 Å². The molecule has 1 atom stereocenters. The van der Waals surface area contributed by atoms with Crippen molar-refractivity contribution in [1.82, 2.24) is 9.55 Å². The van der Waals surface area contributed by atoms with E-state index in [9.17, 15) is 4.79 Å². The largest absolute Gasteiger partial charge is 0.382 e. The van der Waals surface area contributed by atoms with Gasteiger partial charge in [-0.25, -0.2) is 4.98 Å². The number of benzene rings is 2. The van der Waals surface area contributed by atoms with Crippen molar-refractivity contribution in [3.8, 4) is 0 Å². The molecule has 3 rings (SSSR count). The van der Waals surface area contributed by atoms with Crippen LogP contribution in [0, 0.1) is 0 Å². The Hall–Kier alpha value is -2.41. The SMILES string of the molecule is CCOCCCn1c(NC(=O)CC(N)c2ccccc2)nc2ccccc21.Cl. The normalized spacial score (nSPS) is 11.8. The highest BCUT2D eigenvalue weighted by Crippen LogP contribution is 2.21. The molecule has 0 saturated heterocycles. The van der Waals surface area contributed by atoms with E-state index in [1.54, 1.807) is 0 Å². The predicted octanol–water partition coefficient (Wildman–Crippen LogP) is 3.91. The summed E-state index contributed by atoms with van der Waals surface area (Å²) in [5.74, 6) is 0.408. The summed E-state index contributed by atoms with van der Waals surface area (Å²) in [6, 6.07) is 17.2. The minimum Gasteiger partial charge on any atom is -0.382 e. The molecule has 0 aliphatic heterocycles. The average Bonchev–Trinajstić information content (AvgIpc) is 3.03. The van der Waals surface area contributed by atoms with Gasteiger partial charge in [0.25, 0.3) is 0 Å². The van der Waals surface area contributed by atoms with Gasteiger partial charge in [-0.3, -0.25) is 10.1 Å². The quantitative estimate of drug-likeness (QED) is 0.531. The fourth-order valence-electron chi connectivity index (χ4n) is 3.06. The zero-order valence-corrected chi connectivity index (χ0v) is 16.8. The van der Waals surface area contributed by atoms with Gasteiger partial charge in [0.15, 0.2) is 0 Å². The van der Waals surface area contributed by atoms with E-state index in [0.29, 0.717) is 19.2 Å². The van der Waals surface area contributed by atoms with Crippen LogP contribution in [0.3, 0.4) is 0 Å². The molecule has 0 aliphatic rings. The molecule has 3 aromatic rings. The van der Waals surface area contributed by atoms with Gasteiger partial charge in [-0.2, -0.15) is 0 Å². The van der Waals surface area contributed by atoms with Crippen molar-refractivity contribution >= 4 is 35.3 Å². The Balaban J connectivity index is 0.00000280. The summed E-state index contributed by atoms with van der Waals surface area (Å²) in [7, 11) is 0. The maximum atomic E-state index is 12.5. The van der Waals surface area contributed by atoms with Crippen molar-refractivity contribution in [2.45, 2.75) is 32.4 Å². The lowest BCUT2D eigenvalue weighted by molar-refractivity contribution is -0.116. The fraction of sp³-hybridized carbons (Fsp3) is 0.333. The van der Waals surface area contributed by atoms with Gasteiger partial charge in [0.05, 0.1) is 11.0 Å². The Labute approximate surface area is 171 Å². The first-order valence-corrected chi connectivity index (χ1v) is 9.32. The van der Waals surface area contributed by atoms with Crippen molar-refractivity contribution in [3.63, 3.8) is 0 Å². The smallest absolute Gasteiger partial charge is 0.228 e. The van der Waals surface area contributed by atoms with Gasteiger partial charge in [-0.1, -0.05) is 42.5 Å². The molecule has 6 nitrogen and oxygen atoms in total. The maximum absolute atomic E-state index is 12.5. The summed E-state index contributed by atoms with van der Waals surface area (Å²) in [6.45, 7) is 4.08. The molecule has 7 heteroatoms. The highest BCUT2D eigenvalue weighted by Gasteiger charge is 2.16. The second-order valence-corrected chi connectivity index (χ2v) is 6.40.